The van der Waals surface area contributed by atoms with Crippen LogP contribution in [-0.2, 0) is 17.4 Å². The highest BCUT2D eigenvalue weighted by molar-refractivity contribution is 5.73. The van der Waals surface area contributed by atoms with Gasteiger partial charge in [0.05, 0.1) is 0 Å². The molecule has 16 heavy (non-hydrogen) atoms. The van der Waals surface area contributed by atoms with Crippen molar-refractivity contribution in [3.8, 4) is 0 Å². The summed E-state index contributed by atoms with van der Waals surface area (Å²) >= 11 is 0. The van der Waals surface area contributed by atoms with Gasteiger partial charge in [0.25, 0.3) is 0 Å². The first kappa shape index (κ1) is 12.4. The summed E-state index contributed by atoms with van der Waals surface area (Å²) in [5.41, 5.74) is 4.56. The van der Waals surface area contributed by atoms with Gasteiger partial charge >= 0.3 is 12.1 Å². The number of aliphatic carboxylic acids is 1. The van der Waals surface area contributed by atoms with Crippen molar-refractivity contribution in [2.75, 3.05) is 0 Å². The van der Waals surface area contributed by atoms with Crippen molar-refractivity contribution in [3.63, 3.8) is 0 Å². The molecule has 0 saturated carbocycles. The minimum Gasteiger partial charge on any atom is -0.480 e. The fourth-order valence-electron chi connectivity index (χ4n) is 1.05. The molecule has 0 aliphatic carbocycles. The van der Waals surface area contributed by atoms with E-state index in [1.165, 1.54) is 6.07 Å². The van der Waals surface area contributed by atoms with Crippen molar-refractivity contribution in [2.45, 2.75) is 18.6 Å². The van der Waals surface area contributed by atoms with Gasteiger partial charge in [-0.2, -0.15) is 13.2 Å². The Morgan fingerprint density at radius 2 is 2.12 bits per heavy atom. The van der Waals surface area contributed by atoms with Gasteiger partial charge in [0.2, 0.25) is 0 Å². The molecule has 0 bridgehead atoms. The van der Waals surface area contributed by atoms with E-state index < -0.39 is 23.9 Å². The first-order valence-electron chi connectivity index (χ1n) is 4.31. The van der Waals surface area contributed by atoms with Crippen LogP contribution < -0.4 is 5.73 Å². The number of nitrogens with two attached hydrogens (primary N) is 1. The standard InChI is InChI=1S/C9H9F3N2O2/c10-9(11,12)7-2-1-5(4-14-7)3-6(13)8(15)16/h1-2,4,6H,3,13H2,(H,15,16)/t6-/m0/s1. The molecule has 7 heteroatoms. The molecule has 88 valence electrons. The largest absolute Gasteiger partial charge is 0.480 e. The maximum atomic E-state index is 12.1. The number of carboxylic acids is 1. The van der Waals surface area contributed by atoms with E-state index >= 15 is 0 Å². The number of halogens is 3. The Kier molecular flexibility index (Phi) is 3.48. The van der Waals surface area contributed by atoms with E-state index in [2.05, 4.69) is 4.98 Å². The van der Waals surface area contributed by atoms with Crippen molar-refractivity contribution in [2.24, 2.45) is 5.73 Å². The molecule has 0 aliphatic rings. The number of carbonyl (C=O) groups is 1. The summed E-state index contributed by atoms with van der Waals surface area (Å²) < 4.78 is 36.4. The average molecular weight is 234 g/mol. The second-order valence-electron chi connectivity index (χ2n) is 3.20. The van der Waals surface area contributed by atoms with E-state index in [0.29, 0.717) is 5.56 Å². The van der Waals surface area contributed by atoms with Crippen LogP contribution in [0, 0.1) is 0 Å². The quantitative estimate of drug-likeness (QED) is 0.819. The van der Waals surface area contributed by atoms with Crippen LogP contribution in [0.4, 0.5) is 13.2 Å². The predicted octanol–water partition coefficient (Wildman–Crippen LogP) is 1.05. The molecule has 1 aromatic heterocycles. The molecule has 1 heterocycles. The minimum absolute atomic E-state index is 0.0551. The first-order valence-corrected chi connectivity index (χ1v) is 4.31. The average Bonchev–Trinajstić information content (AvgIpc) is 2.17. The number of aromatic nitrogens is 1. The van der Waals surface area contributed by atoms with Gasteiger partial charge in [-0.1, -0.05) is 6.07 Å². The van der Waals surface area contributed by atoms with Crippen LogP contribution in [0.15, 0.2) is 18.3 Å². The van der Waals surface area contributed by atoms with E-state index in [-0.39, 0.29) is 6.42 Å². The molecule has 0 radical (unpaired) electrons. The number of alkyl halides is 3. The topological polar surface area (TPSA) is 76.2 Å². The Hall–Kier alpha value is -1.63. The van der Waals surface area contributed by atoms with Gasteiger partial charge in [0.1, 0.15) is 11.7 Å². The third-order valence-corrected chi connectivity index (χ3v) is 1.89. The lowest BCUT2D eigenvalue weighted by Crippen LogP contribution is -2.32. The van der Waals surface area contributed by atoms with Gasteiger partial charge in [-0.05, 0) is 18.1 Å². The lowest BCUT2D eigenvalue weighted by molar-refractivity contribution is -0.141. The molecule has 0 unspecified atom stereocenters. The molecule has 0 fully saturated rings. The number of carboxylic acid groups (broad SMARTS) is 1. The Morgan fingerprint density at radius 3 is 2.50 bits per heavy atom. The van der Waals surface area contributed by atoms with Gasteiger partial charge in [0.15, 0.2) is 0 Å². The highest BCUT2D eigenvalue weighted by Crippen LogP contribution is 2.27. The van der Waals surface area contributed by atoms with Crippen molar-refractivity contribution in [3.05, 3.63) is 29.6 Å². The zero-order chi connectivity index (χ0) is 12.3. The summed E-state index contributed by atoms with van der Waals surface area (Å²) in [4.78, 5) is 13.6. The molecule has 3 N–H and O–H groups in total. The predicted molar refractivity (Wildman–Crippen MR) is 48.6 cm³/mol. The Balaban J connectivity index is 2.76. The number of hydrogen-bond donors (Lipinski definition) is 2. The monoisotopic (exact) mass is 234 g/mol. The van der Waals surface area contributed by atoms with Crippen LogP contribution in [0.5, 0.6) is 0 Å². The highest BCUT2D eigenvalue weighted by Gasteiger charge is 2.32. The van der Waals surface area contributed by atoms with Crippen LogP contribution in [-0.4, -0.2) is 22.1 Å². The molecule has 0 amide bonds. The molecular weight excluding hydrogens is 225 g/mol. The second kappa shape index (κ2) is 4.48. The van der Waals surface area contributed by atoms with Crippen molar-refractivity contribution in [1.29, 1.82) is 0 Å². The summed E-state index contributed by atoms with van der Waals surface area (Å²) in [5, 5.41) is 8.50. The van der Waals surface area contributed by atoms with Crippen LogP contribution >= 0.6 is 0 Å². The fourth-order valence-corrected chi connectivity index (χ4v) is 1.05. The van der Waals surface area contributed by atoms with Crippen LogP contribution in [0.1, 0.15) is 11.3 Å². The minimum atomic E-state index is -4.49. The third kappa shape index (κ3) is 3.20. The van der Waals surface area contributed by atoms with Gasteiger partial charge < -0.3 is 10.8 Å². The molecule has 0 saturated heterocycles. The van der Waals surface area contributed by atoms with E-state index in [9.17, 15) is 18.0 Å². The van der Waals surface area contributed by atoms with Crippen molar-refractivity contribution in [1.82, 2.24) is 4.98 Å². The van der Waals surface area contributed by atoms with E-state index in [1.54, 1.807) is 0 Å². The lowest BCUT2D eigenvalue weighted by Gasteiger charge is -2.08. The van der Waals surface area contributed by atoms with Crippen LogP contribution in [0.3, 0.4) is 0 Å². The van der Waals surface area contributed by atoms with E-state index in [0.717, 1.165) is 12.3 Å². The normalized spacial score (nSPS) is 13.5. The summed E-state index contributed by atoms with van der Waals surface area (Å²) in [6.07, 6.45) is -3.57. The second-order valence-corrected chi connectivity index (χ2v) is 3.20. The van der Waals surface area contributed by atoms with Gasteiger partial charge in [-0.25, -0.2) is 0 Å². The highest BCUT2D eigenvalue weighted by atomic mass is 19.4. The van der Waals surface area contributed by atoms with Gasteiger partial charge in [0, 0.05) is 6.20 Å². The fraction of sp³-hybridized carbons (Fsp3) is 0.333. The maximum absolute atomic E-state index is 12.1. The maximum Gasteiger partial charge on any atom is 0.433 e. The molecule has 0 spiro atoms. The number of hydrogen-bond acceptors (Lipinski definition) is 3. The van der Waals surface area contributed by atoms with Gasteiger partial charge in [-0.15, -0.1) is 0 Å². The molecule has 1 rings (SSSR count). The summed E-state index contributed by atoms with van der Waals surface area (Å²) in [6, 6.07) is 0.821. The Morgan fingerprint density at radius 1 is 1.50 bits per heavy atom. The van der Waals surface area contributed by atoms with E-state index in [4.69, 9.17) is 10.8 Å². The first-order chi connectivity index (χ1) is 7.30. The molecule has 4 nitrogen and oxygen atoms in total. The zero-order valence-electron chi connectivity index (χ0n) is 8.03. The lowest BCUT2D eigenvalue weighted by atomic mass is 10.1. The Bertz CT molecular complexity index is 375. The van der Waals surface area contributed by atoms with Gasteiger partial charge in [-0.3, -0.25) is 9.78 Å². The van der Waals surface area contributed by atoms with Crippen LogP contribution in [0.2, 0.25) is 0 Å². The summed E-state index contributed by atoms with van der Waals surface area (Å²) in [6.45, 7) is 0. The summed E-state index contributed by atoms with van der Waals surface area (Å²) in [5.74, 6) is -1.21. The zero-order valence-corrected chi connectivity index (χ0v) is 8.03. The SMILES string of the molecule is N[C@@H](Cc1ccc(C(F)(F)F)nc1)C(=O)O. The number of pyridine rings is 1. The van der Waals surface area contributed by atoms with Crippen molar-refractivity contribution >= 4 is 5.97 Å². The van der Waals surface area contributed by atoms with Crippen LogP contribution in [0.25, 0.3) is 0 Å². The molecule has 0 aliphatic heterocycles. The molecule has 0 aromatic carbocycles. The molecule has 1 aromatic rings. The number of rotatable bonds is 3. The number of nitrogens with zero attached hydrogens (tertiary/aromatic N) is 1. The van der Waals surface area contributed by atoms with E-state index in [1.807, 2.05) is 0 Å². The summed E-state index contributed by atoms with van der Waals surface area (Å²) in [7, 11) is 0. The van der Waals surface area contributed by atoms with Crippen molar-refractivity contribution < 1.29 is 23.1 Å². The smallest absolute Gasteiger partial charge is 0.433 e. The molecule has 1 atom stereocenters. The molecular formula is C9H9F3N2O2. The Labute approximate surface area is 88.9 Å². The third-order valence-electron chi connectivity index (χ3n) is 1.89.